The molecule has 1 aliphatic carbocycles. The van der Waals surface area contributed by atoms with Crippen LogP contribution in [-0.2, 0) is 19.9 Å². The van der Waals surface area contributed by atoms with Crippen LogP contribution in [0.3, 0.4) is 0 Å². The molecular formula is C34H44ClNO4. The molecule has 0 amide bonds. The number of benzene rings is 2. The number of piperidine rings is 1. The molecule has 1 N–H and O–H groups in total. The van der Waals surface area contributed by atoms with Crippen molar-refractivity contribution in [2.45, 2.75) is 58.5 Å². The summed E-state index contributed by atoms with van der Waals surface area (Å²) in [5.41, 5.74) is 1.30. The van der Waals surface area contributed by atoms with E-state index in [0.717, 1.165) is 55.6 Å². The lowest BCUT2D eigenvalue weighted by molar-refractivity contribution is -0.150. The quantitative estimate of drug-likeness (QED) is 0.315. The highest BCUT2D eigenvalue weighted by molar-refractivity contribution is 5.98. The van der Waals surface area contributed by atoms with Gasteiger partial charge in [-0.3, -0.25) is 9.59 Å². The van der Waals surface area contributed by atoms with Crippen LogP contribution in [0.1, 0.15) is 64.0 Å². The van der Waals surface area contributed by atoms with Gasteiger partial charge >= 0.3 is 5.97 Å². The SMILES string of the molecule is CCOC(=O)C(C)[C@@]1(C)C=CC(C(=O)CCCN2CCC(C(O)(c3ccccc3)c3ccccc3)CC2)=CC1.Cl. The number of hydrogen-bond acceptors (Lipinski definition) is 5. The second kappa shape index (κ2) is 14.2. The first-order valence-corrected chi connectivity index (χ1v) is 14.4. The second-order valence-corrected chi connectivity index (χ2v) is 11.3. The van der Waals surface area contributed by atoms with Gasteiger partial charge in [-0.2, -0.15) is 0 Å². The Bertz CT molecular complexity index is 1130. The first-order valence-electron chi connectivity index (χ1n) is 14.4. The van der Waals surface area contributed by atoms with Crippen molar-refractivity contribution < 1.29 is 19.4 Å². The third kappa shape index (κ3) is 7.12. The Labute approximate surface area is 245 Å². The van der Waals surface area contributed by atoms with E-state index in [1.54, 1.807) is 0 Å². The zero-order valence-corrected chi connectivity index (χ0v) is 24.9. The minimum Gasteiger partial charge on any atom is -0.466 e. The fourth-order valence-electron chi connectivity index (χ4n) is 6.01. The molecule has 1 unspecified atom stereocenters. The molecule has 1 fully saturated rings. The Kier molecular flexibility index (Phi) is 11.3. The predicted molar refractivity (Wildman–Crippen MR) is 162 cm³/mol. The van der Waals surface area contributed by atoms with Crippen LogP contribution in [0.25, 0.3) is 0 Å². The Morgan fingerprint density at radius 2 is 1.62 bits per heavy atom. The summed E-state index contributed by atoms with van der Waals surface area (Å²) in [5.74, 6) is -0.160. The summed E-state index contributed by atoms with van der Waals surface area (Å²) in [5, 5.41) is 12.1. The highest BCUT2D eigenvalue weighted by Gasteiger charge is 2.41. The molecule has 6 heteroatoms. The number of carbonyl (C=O) groups is 2. The number of rotatable bonds is 11. The van der Waals surface area contributed by atoms with Crippen LogP contribution in [0.15, 0.2) is 84.5 Å². The van der Waals surface area contributed by atoms with E-state index in [2.05, 4.69) is 4.90 Å². The molecule has 2 atom stereocenters. The Morgan fingerprint density at radius 1 is 1.05 bits per heavy atom. The van der Waals surface area contributed by atoms with Gasteiger partial charge in [0, 0.05) is 17.4 Å². The average molecular weight is 566 g/mol. The molecule has 1 heterocycles. The van der Waals surface area contributed by atoms with Gasteiger partial charge < -0.3 is 14.7 Å². The molecule has 1 saturated heterocycles. The minimum absolute atomic E-state index is 0. The number of nitrogens with zero attached hydrogens (tertiary/aromatic N) is 1. The van der Waals surface area contributed by atoms with E-state index in [4.69, 9.17) is 4.74 Å². The van der Waals surface area contributed by atoms with E-state index >= 15 is 0 Å². The second-order valence-electron chi connectivity index (χ2n) is 11.3. The van der Waals surface area contributed by atoms with E-state index in [9.17, 15) is 14.7 Å². The summed E-state index contributed by atoms with van der Waals surface area (Å²) in [7, 11) is 0. The van der Waals surface area contributed by atoms with Crippen LogP contribution in [0.2, 0.25) is 0 Å². The van der Waals surface area contributed by atoms with Crippen LogP contribution >= 0.6 is 12.4 Å². The van der Waals surface area contributed by atoms with Gasteiger partial charge in [0.05, 0.1) is 12.5 Å². The van der Waals surface area contributed by atoms with Crippen LogP contribution < -0.4 is 0 Å². The fourth-order valence-corrected chi connectivity index (χ4v) is 6.01. The molecule has 40 heavy (non-hydrogen) atoms. The number of ether oxygens (including phenoxy) is 1. The van der Waals surface area contributed by atoms with Gasteiger partial charge in [-0.1, -0.05) is 92.7 Å². The standard InChI is InChI=1S/C34H43NO4.ClH/c1-4-39-32(37)26(2)33(3)21-17-27(18-22-33)31(36)16-11-23-35-24-19-30(20-25-35)34(38,28-12-7-5-8-13-28)29-14-9-6-10-15-29;/h5-10,12-15,17-18,21,26,30,38H,4,11,16,19-20,22-25H2,1-3H3;1H/t26?,33-;/m0./s1. The maximum absolute atomic E-state index is 12.9. The number of hydrogen-bond donors (Lipinski definition) is 1. The van der Waals surface area contributed by atoms with Crippen molar-refractivity contribution >= 4 is 24.2 Å². The van der Waals surface area contributed by atoms with Gasteiger partial charge in [0.15, 0.2) is 5.78 Å². The first kappa shape index (κ1) is 31.8. The van der Waals surface area contributed by atoms with E-state index in [1.165, 1.54) is 0 Å². The summed E-state index contributed by atoms with van der Waals surface area (Å²) in [4.78, 5) is 27.5. The normalized spacial score (nSPS) is 20.8. The summed E-state index contributed by atoms with van der Waals surface area (Å²) < 4.78 is 5.20. The molecule has 2 aromatic carbocycles. The summed E-state index contributed by atoms with van der Waals surface area (Å²) in [6.07, 6.45) is 9.67. The van der Waals surface area contributed by atoms with Gasteiger partial charge in [0.25, 0.3) is 0 Å². The summed E-state index contributed by atoms with van der Waals surface area (Å²) >= 11 is 0. The number of halogens is 1. The Morgan fingerprint density at radius 3 is 2.12 bits per heavy atom. The van der Waals surface area contributed by atoms with Crippen molar-refractivity contribution in [3.05, 3.63) is 95.6 Å². The number of carbonyl (C=O) groups excluding carboxylic acids is 2. The number of likely N-dealkylation sites (tertiary alicyclic amines) is 1. The molecule has 0 saturated carbocycles. The van der Waals surface area contributed by atoms with Gasteiger partial charge in [0.2, 0.25) is 0 Å². The van der Waals surface area contributed by atoms with Crippen LogP contribution in [0.5, 0.6) is 0 Å². The van der Waals surface area contributed by atoms with Gasteiger partial charge in [-0.25, -0.2) is 0 Å². The van der Waals surface area contributed by atoms with Crippen molar-refractivity contribution in [1.82, 2.24) is 4.90 Å². The molecule has 0 bridgehead atoms. The molecule has 4 rings (SSSR count). The fraction of sp³-hybridized carbons (Fsp3) is 0.471. The maximum Gasteiger partial charge on any atom is 0.309 e. The van der Waals surface area contributed by atoms with Crippen molar-refractivity contribution in [3.63, 3.8) is 0 Å². The largest absolute Gasteiger partial charge is 0.466 e. The van der Waals surface area contributed by atoms with Crippen LogP contribution in [0.4, 0.5) is 0 Å². The lowest BCUT2D eigenvalue weighted by atomic mass is 9.72. The number of allylic oxidation sites excluding steroid dienone is 4. The number of Topliss-reactive ketones (excluding diaryl/α,β-unsaturated/α-hetero) is 1. The lowest BCUT2D eigenvalue weighted by Crippen LogP contribution is -2.44. The van der Waals surface area contributed by atoms with Gasteiger partial charge in [0.1, 0.15) is 5.60 Å². The van der Waals surface area contributed by atoms with Crippen LogP contribution in [-0.4, -0.2) is 48.0 Å². The first-order chi connectivity index (χ1) is 18.8. The van der Waals surface area contributed by atoms with E-state index in [0.29, 0.717) is 19.4 Å². The topological polar surface area (TPSA) is 66.8 Å². The molecule has 2 aromatic rings. The Hall–Kier alpha value is -2.73. The average Bonchev–Trinajstić information content (AvgIpc) is 2.98. The van der Waals surface area contributed by atoms with E-state index < -0.39 is 5.60 Å². The van der Waals surface area contributed by atoms with Crippen LogP contribution in [0, 0.1) is 17.3 Å². The van der Waals surface area contributed by atoms with Crippen molar-refractivity contribution in [2.75, 3.05) is 26.2 Å². The van der Waals surface area contributed by atoms with Gasteiger partial charge in [-0.05, 0) is 69.3 Å². The molecule has 5 nitrogen and oxygen atoms in total. The van der Waals surface area contributed by atoms with E-state index in [1.807, 2.05) is 99.7 Å². The highest BCUT2D eigenvalue weighted by atomic mass is 35.5. The van der Waals surface area contributed by atoms with Crippen molar-refractivity contribution in [1.29, 1.82) is 0 Å². The third-order valence-corrected chi connectivity index (χ3v) is 8.84. The smallest absolute Gasteiger partial charge is 0.309 e. The Balaban J connectivity index is 0.00000441. The molecule has 0 radical (unpaired) electrons. The molecular weight excluding hydrogens is 522 g/mol. The summed E-state index contributed by atoms with van der Waals surface area (Å²) in [6, 6.07) is 20.1. The molecule has 0 spiro atoms. The van der Waals surface area contributed by atoms with E-state index in [-0.39, 0.29) is 41.4 Å². The molecule has 1 aliphatic heterocycles. The third-order valence-electron chi connectivity index (χ3n) is 8.84. The number of esters is 1. The number of ketones is 1. The molecule has 2 aliphatic rings. The van der Waals surface area contributed by atoms with Gasteiger partial charge in [-0.15, -0.1) is 12.4 Å². The summed E-state index contributed by atoms with van der Waals surface area (Å²) in [6.45, 7) is 8.83. The van der Waals surface area contributed by atoms with Crippen molar-refractivity contribution in [2.24, 2.45) is 17.3 Å². The predicted octanol–water partition coefficient (Wildman–Crippen LogP) is 6.50. The van der Waals surface area contributed by atoms with Crippen molar-refractivity contribution in [3.8, 4) is 0 Å². The highest BCUT2D eigenvalue weighted by Crippen LogP contribution is 2.42. The zero-order valence-electron chi connectivity index (χ0n) is 24.1. The zero-order chi connectivity index (χ0) is 27.9. The minimum atomic E-state index is -1.01. The molecule has 0 aromatic heterocycles. The lowest BCUT2D eigenvalue weighted by Gasteiger charge is -2.42. The maximum atomic E-state index is 12.9. The monoisotopic (exact) mass is 565 g/mol. The molecule has 216 valence electrons. The number of aliphatic hydroxyl groups is 1.